The summed E-state index contributed by atoms with van der Waals surface area (Å²) in [5.41, 5.74) is 11.1. The number of ether oxygens (including phenoxy) is 2. The summed E-state index contributed by atoms with van der Waals surface area (Å²) in [4.78, 5) is 34.6. The molecule has 194 valence electrons. The maximum absolute atomic E-state index is 11.9. The zero-order valence-electron chi connectivity index (χ0n) is 21.3. The lowest BCUT2D eigenvalue weighted by molar-refractivity contribution is -0.160. The lowest BCUT2D eigenvalue weighted by Gasteiger charge is -2.11. The highest BCUT2D eigenvalue weighted by Gasteiger charge is 2.19. The molecule has 0 heterocycles. The summed E-state index contributed by atoms with van der Waals surface area (Å²) in [6.07, 6.45) is 20.6. The van der Waals surface area contributed by atoms with Crippen LogP contribution in [-0.4, -0.2) is 36.6 Å². The van der Waals surface area contributed by atoms with Crippen LogP contribution in [0.25, 0.3) is 0 Å². The third kappa shape index (κ3) is 20.8. The highest BCUT2D eigenvalue weighted by molar-refractivity contribution is 5.88. The average Bonchev–Trinajstić information content (AvgIpc) is 2.79. The molecular formula is C26H50N2O5. The second kappa shape index (κ2) is 22.3. The Hall–Kier alpha value is -1.47. The molecule has 0 aliphatic carbocycles. The van der Waals surface area contributed by atoms with Crippen molar-refractivity contribution in [2.45, 2.75) is 142 Å². The van der Waals surface area contributed by atoms with Crippen LogP contribution >= 0.6 is 0 Å². The topological polar surface area (TPSA) is 122 Å². The summed E-state index contributed by atoms with van der Waals surface area (Å²) in [7, 11) is 0. The number of nitrogens with two attached hydrogens (primary N) is 2. The molecule has 0 bridgehead atoms. The zero-order valence-corrected chi connectivity index (χ0v) is 21.3. The van der Waals surface area contributed by atoms with E-state index in [4.69, 9.17) is 16.2 Å². The van der Waals surface area contributed by atoms with E-state index in [1.54, 1.807) is 0 Å². The van der Waals surface area contributed by atoms with Gasteiger partial charge in [-0.15, -0.1) is 0 Å². The number of hydrogen-bond donors (Lipinski definition) is 2. The third-order valence-electron chi connectivity index (χ3n) is 5.79. The molecule has 0 aromatic rings. The van der Waals surface area contributed by atoms with E-state index in [1.807, 2.05) is 0 Å². The molecule has 0 aromatic carbocycles. The number of esters is 3. The predicted octanol–water partition coefficient (Wildman–Crippen LogP) is 5.32. The fourth-order valence-corrected chi connectivity index (χ4v) is 3.58. The third-order valence-corrected chi connectivity index (χ3v) is 5.79. The molecule has 0 saturated heterocycles. The van der Waals surface area contributed by atoms with Crippen LogP contribution in [0.4, 0.5) is 0 Å². The van der Waals surface area contributed by atoms with Crippen molar-refractivity contribution in [3.63, 3.8) is 0 Å². The minimum Gasteiger partial charge on any atom is -0.465 e. The van der Waals surface area contributed by atoms with Gasteiger partial charge in [-0.3, -0.25) is 9.59 Å². The van der Waals surface area contributed by atoms with Gasteiger partial charge >= 0.3 is 17.9 Å². The van der Waals surface area contributed by atoms with Crippen molar-refractivity contribution in [2.24, 2.45) is 11.5 Å². The van der Waals surface area contributed by atoms with Gasteiger partial charge in [0.2, 0.25) is 0 Å². The van der Waals surface area contributed by atoms with E-state index < -0.39 is 30.0 Å². The molecule has 33 heavy (non-hydrogen) atoms. The van der Waals surface area contributed by atoms with E-state index in [9.17, 15) is 14.4 Å². The van der Waals surface area contributed by atoms with Gasteiger partial charge < -0.3 is 20.9 Å². The maximum Gasteiger partial charge on any atom is 0.330 e. The molecule has 0 radical (unpaired) electrons. The molecule has 7 heteroatoms. The van der Waals surface area contributed by atoms with E-state index >= 15 is 0 Å². The fraction of sp³-hybridized carbons (Fsp3) is 0.885. The lowest BCUT2D eigenvalue weighted by Crippen LogP contribution is -2.34. The van der Waals surface area contributed by atoms with Gasteiger partial charge in [-0.2, -0.15) is 0 Å². The molecule has 0 aliphatic rings. The van der Waals surface area contributed by atoms with Crippen molar-refractivity contribution in [1.29, 1.82) is 0 Å². The SMILES string of the molecule is CCCCCCCCCCCCCCCCCCOC(=O)[C@H](N)CCC(=O)OC(=O)[C@@H](C)N. The zero-order chi connectivity index (χ0) is 24.7. The first-order chi connectivity index (χ1) is 15.9. The van der Waals surface area contributed by atoms with Gasteiger partial charge in [0.15, 0.2) is 0 Å². The largest absolute Gasteiger partial charge is 0.465 e. The van der Waals surface area contributed by atoms with E-state index in [1.165, 1.54) is 90.4 Å². The first-order valence-corrected chi connectivity index (χ1v) is 13.3. The van der Waals surface area contributed by atoms with Gasteiger partial charge in [0, 0.05) is 6.42 Å². The fourth-order valence-electron chi connectivity index (χ4n) is 3.58. The van der Waals surface area contributed by atoms with Crippen molar-refractivity contribution in [1.82, 2.24) is 0 Å². The van der Waals surface area contributed by atoms with Crippen LogP contribution in [0.1, 0.15) is 129 Å². The quantitative estimate of drug-likeness (QED) is 0.125. The van der Waals surface area contributed by atoms with E-state index in [0.29, 0.717) is 6.61 Å². The van der Waals surface area contributed by atoms with Crippen molar-refractivity contribution < 1.29 is 23.9 Å². The summed E-state index contributed by atoms with van der Waals surface area (Å²) < 4.78 is 9.70. The van der Waals surface area contributed by atoms with Crippen LogP contribution in [0, 0.1) is 0 Å². The Bertz CT molecular complexity index is 511. The summed E-state index contributed by atoms with van der Waals surface area (Å²) in [6.45, 7) is 4.04. The minimum atomic E-state index is -0.899. The Kier molecular flexibility index (Phi) is 21.3. The second-order valence-corrected chi connectivity index (χ2v) is 9.20. The number of rotatable bonds is 22. The molecule has 0 fully saturated rings. The van der Waals surface area contributed by atoms with Crippen LogP contribution in [0.2, 0.25) is 0 Å². The lowest BCUT2D eigenvalue weighted by atomic mass is 10.0. The highest BCUT2D eigenvalue weighted by Crippen LogP contribution is 2.13. The molecule has 0 spiro atoms. The van der Waals surface area contributed by atoms with Crippen molar-refractivity contribution in [2.75, 3.05) is 6.61 Å². The summed E-state index contributed by atoms with van der Waals surface area (Å²) in [6, 6.07) is -1.77. The molecule has 0 rings (SSSR count). The van der Waals surface area contributed by atoms with E-state index in [-0.39, 0.29) is 12.8 Å². The molecular weight excluding hydrogens is 420 g/mol. The molecule has 2 atom stereocenters. The van der Waals surface area contributed by atoms with Crippen LogP contribution in [-0.2, 0) is 23.9 Å². The smallest absolute Gasteiger partial charge is 0.330 e. The normalized spacial score (nSPS) is 12.8. The molecule has 0 amide bonds. The van der Waals surface area contributed by atoms with Gasteiger partial charge in [-0.1, -0.05) is 103 Å². The van der Waals surface area contributed by atoms with E-state index in [2.05, 4.69) is 11.7 Å². The molecule has 7 nitrogen and oxygen atoms in total. The maximum atomic E-state index is 11.9. The number of carbonyl (C=O) groups excluding carboxylic acids is 3. The van der Waals surface area contributed by atoms with Crippen LogP contribution in [0.3, 0.4) is 0 Å². The predicted molar refractivity (Wildman–Crippen MR) is 132 cm³/mol. The van der Waals surface area contributed by atoms with Crippen LogP contribution in [0.5, 0.6) is 0 Å². The number of unbranched alkanes of at least 4 members (excludes halogenated alkanes) is 15. The molecule has 4 N–H and O–H groups in total. The van der Waals surface area contributed by atoms with E-state index in [0.717, 1.165) is 19.3 Å². The summed E-state index contributed by atoms with van der Waals surface area (Å²) in [5.74, 6) is -2.06. The highest BCUT2D eigenvalue weighted by atomic mass is 16.6. The molecule has 0 unspecified atom stereocenters. The first kappa shape index (κ1) is 31.5. The van der Waals surface area contributed by atoms with Crippen molar-refractivity contribution >= 4 is 17.9 Å². The Balaban J connectivity index is 3.42. The van der Waals surface area contributed by atoms with Crippen LogP contribution in [0.15, 0.2) is 0 Å². The second-order valence-electron chi connectivity index (χ2n) is 9.20. The minimum absolute atomic E-state index is 0.0723. The van der Waals surface area contributed by atoms with Gasteiger partial charge in [0.1, 0.15) is 12.1 Å². The van der Waals surface area contributed by atoms with Gasteiger partial charge in [-0.05, 0) is 19.8 Å². The monoisotopic (exact) mass is 470 g/mol. The standard InChI is InChI=1S/C26H50N2O5/c1-3-4-5-6-7-8-9-10-11-12-13-14-15-16-17-18-21-32-26(31)23(28)19-20-24(29)33-25(30)22(2)27/h22-23H,3-21,27-28H2,1-2H3/t22-,23-/m1/s1. The Morgan fingerprint density at radius 1 is 0.667 bits per heavy atom. The molecule has 0 saturated carbocycles. The summed E-state index contributed by atoms with van der Waals surface area (Å²) >= 11 is 0. The average molecular weight is 471 g/mol. The first-order valence-electron chi connectivity index (χ1n) is 13.3. The Morgan fingerprint density at radius 2 is 1.09 bits per heavy atom. The van der Waals surface area contributed by atoms with Gasteiger partial charge in [0.25, 0.3) is 0 Å². The van der Waals surface area contributed by atoms with Crippen molar-refractivity contribution in [3.8, 4) is 0 Å². The van der Waals surface area contributed by atoms with Gasteiger partial charge in [0.05, 0.1) is 6.61 Å². The number of hydrogen-bond acceptors (Lipinski definition) is 7. The van der Waals surface area contributed by atoms with Gasteiger partial charge in [-0.25, -0.2) is 4.79 Å². The molecule has 0 aromatic heterocycles. The molecule has 0 aliphatic heterocycles. The number of carbonyl (C=O) groups is 3. The summed E-state index contributed by atoms with van der Waals surface area (Å²) in [5, 5.41) is 0. The Morgan fingerprint density at radius 3 is 1.52 bits per heavy atom. The van der Waals surface area contributed by atoms with Crippen LogP contribution < -0.4 is 11.5 Å². The van der Waals surface area contributed by atoms with Crippen molar-refractivity contribution in [3.05, 3.63) is 0 Å². The Labute approximate surface area is 201 Å².